The molecule has 3 heterocycles. The maximum atomic E-state index is 6.38. The van der Waals surface area contributed by atoms with E-state index in [0.717, 1.165) is 50.0 Å². The van der Waals surface area contributed by atoms with Crippen LogP contribution >= 0.6 is 0 Å². The molecule has 8 aromatic rings. The third kappa shape index (κ3) is 3.12. The Bertz CT molecular complexity index is 2080. The molecule has 0 spiro atoms. The van der Waals surface area contributed by atoms with Crippen LogP contribution in [0.4, 0.5) is 0 Å². The highest BCUT2D eigenvalue weighted by Gasteiger charge is 2.19. The molecule has 0 aliphatic rings. The maximum Gasteiger partial charge on any atom is 0.137 e. The second-order valence-electron chi connectivity index (χ2n) is 9.63. The fourth-order valence-corrected chi connectivity index (χ4v) is 5.74. The van der Waals surface area contributed by atoms with Gasteiger partial charge in [-0.05, 0) is 48.0 Å². The van der Waals surface area contributed by atoms with Crippen LogP contribution < -0.4 is 0 Å². The number of hydrogen-bond acceptors (Lipinski definition) is 2. The molecule has 0 N–H and O–H groups in total. The van der Waals surface area contributed by atoms with Crippen LogP contribution in [0.25, 0.3) is 71.8 Å². The zero-order chi connectivity index (χ0) is 25.1. The van der Waals surface area contributed by atoms with Gasteiger partial charge in [-0.15, -0.1) is 0 Å². The zero-order valence-corrected chi connectivity index (χ0v) is 20.5. The molecule has 0 saturated heterocycles. The van der Waals surface area contributed by atoms with E-state index in [0.29, 0.717) is 0 Å². The van der Waals surface area contributed by atoms with Crippen LogP contribution in [0, 0.1) is 0 Å². The predicted molar refractivity (Wildman–Crippen MR) is 157 cm³/mol. The van der Waals surface area contributed by atoms with E-state index in [1.54, 1.807) is 0 Å². The molecule has 0 unspecified atom stereocenters. The molecule has 5 aromatic carbocycles. The molecule has 3 heteroatoms. The Morgan fingerprint density at radius 1 is 0.500 bits per heavy atom. The maximum absolute atomic E-state index is 6.38. The van der Waals surface area contributed by atoms with E-state index in [4.69, 9.17) is 4.42 Å². The summed E-state index contributed by atoms with van der Waals surface area (Å²) in [5.41, 5.74) is 9.55. The van der Waals surface area contributed by atoms with E-state index in [-0.39, 0.29) is 0 Å². The van der Waals surface area contributed by atoms with Gasteiger partial charge in [0.05, 0.1) is 22.4 Å². The SMILES string of the molecule is c1ccc(-c2cccc(-c3cc4c(cc3-n3c5ccccc5c5ccccc53)oc3ccccc34)c2)nc1. The topological polar surface area (TPSA) is 31.0 Å². The Balaban J connectivity index is 1.50. The Hall–Kier alpha value is -5.15. The number of furan rings is 1. The lowest BCUT2D eigenvalue weighted by Gasteiger charge is -2.15. The molecule has 3 aromatic heterocycles. The lowest BCUT2D eigenvalue weighted by atomic mass is 9.97. The van der Waals surface area contributed by atoms with Crippen molar-refractivity contribution in [2.45, 2.75) is 0 Å². The lowest BCUT2D eigenvalue weighted by Crippen LogP contribution is -1.97. The average molecular weight is 487 g/mol. The fourth-order valence-electron chi connectivity index (χ4n) is 5.74. The molecule has 3 nitrogen and oxygen atoms in total. The first-order chi connectivity index (χ1) is 18.8. The summed E-state index contributed by atoms with van der Waals surface area (Å²) >= 11 is 0. The zero-order valence-electron chi connectivity index (χ0n) is 20.5. The Labute approximate surface area is 219 Å². The van der Waals surface area contributed by atoms with Gasteiger partial charge in [0.1, 0.15) is 11.2 Å². The number of aromatic nitrogens is 2. The molecule has 0 amide bonds. The summed E-state index contributed by atoms with van der Waals surface area (Å²) in [5.74, 6) is 0. The molecular weight excluding hydrogens is 464 g/mol. The molecule has 0 bridgehead atoms. The van der Waals surface area contributed by atoms with Crippen LogP contribution in [0.1, 0.15) is 0 Å². The Morgan fingerprint density at radius 3 is 1.95 bits per heavy atom. The van der Waals surface area contributed by atoms with Gasteiger partial charge in [0.15, 0.2) is 0 Å². The summed E-state index contributed by atoms with van der Waals surface area (Å²) in [6.07, 6.45) is 1.84. The first-order valence-electron chi connectivity index (χ1n) is 12.8. The van der Waals surface area contributed by atoms with E-state index >= 15 is 0 Å². The third-order valence-electron chi connectivity index (χ3n) is 7.45. The van der Waals surface area contributed by atoms with Crippen LogP contribution in [0.2, 0.25) is 0 Å². The van der Waals surface area contributed by atoms with E-state index in [1.807, 2.05) is 30.5 Å². The van der Waals surface area contributed by atoms with Crippen LogP contribution in [-0.2, 0) is 0 Å². The monoisotopic (exact) mass is 486 g/mol. The van der Waals surface area contributed by atoms with E-state index in [2.05, 4.69) is 113 Å². The van der Waals surface area contributed by atoms with Crippen molar-refractivity contribution in [1.82, 2.24) is 9.55 Å². The van der Waals surface area contributed by atoms with E-state index in [1.165, 1.54) is 21.8 Å². The van der Waals surface area contributed by atoms with Gasteiger partial charge < -0.3 is 8.98 Å². The van der Waals surface area contributed by atoms with Crippen molar-refractivity contribution in [1.29, 1.82) is 0 Å². The van der Waals surface area contributed by atoms with Crippen LogP contribution in [0.3, 0.4) is 0 Å². The average Bonchev–Trinajstić information content (AvgIpc) is 3.52. The molecule has 8 rings (SSSR count). The van der Waals surface area contributed by atoms with E-state index in [9.17, 15) is 0 Å². The van der Waals surface area contributed by atoms with E-state index < -0.39 is 0 Å². The largest absolute Gasteiger partial charge is 0.456 e. The highest BCUT2D eigenvalue weighted by atomic mass is 16.3. The summed E-state index contributed by atoms with van der Waals surface area (Å²) in [6, 6.07) is 44.7. The van der Waals surface area contributed by atoms with Crippen LogP contribution in [0.15, 0.2) is 138 Å². The number of para-hydroxylation sites is 3. The van der Waals surface area contributed by atoms with Crippen molar-refractivity contribution in [2.75, 3.05) is 0 Å². The molecule has 0 fully saturated rings. The van der Waals surface area contributed by atoms with Gasteiger partial charge in [0.25, 0.3) is 0 Å². The molecule has 0 aliphatic carbocycles. The summed E-state index contributed by atoms with van der Waals surface area (Å²) in [6.45, 7) is 0. The molecular formula is C35H22N2O. The van der Waals surface area contributed by atoms with Crippen LogP contribution in [-0.4, -0.2) is 9.55 Å². The molecule has 0 aliphatic heterocycles. The number of hydrogen-bond donors (Lipinski definition) is 0. The second kappa shape index (κ2) is 8.19. The Morgan fingerprint density at radius 2 is 1.18 bits per heavy atom. The molecule has 0 radical (unpaired) electrons. The normalized spacial score (nSPS) is 11.7. The quantitative estimate of drug-likeness (QED) is 0.249. The van der Waals surface area contributed by atoms with Crippen LogP contribution in [0.5, 0.6) is 0 Å². The standard InChI is InChI=1S/C35H22N2O/c1-4-16-31-25(12-1)26-13-2-5-17-32(26)37(31)33-22-35-29(27-14-3-6-18-34(27)38-35)21-28(33)23-10-9-11-24(20-23)30-15-7-8-19-36-30/h1-22H. The van der Waals surface area contributed by atoms with Crippen molar-refractivity contribution in [3.8, 4) is 28.1 Å². The molecule has 38 heavy (non-hydrogen) atoms. The fraction of sp³-hybridized carbons (Fsp3) is 0. The van der Waals surface area contributed by atoms with Crippen molar-refractivity contribution in [3.63, 3.8) is 0 Å². The highest BCUT2D eigenvalue weighted by molar-refractivity contribution is 6.12. The van der Waals surface area contributed by atoms with Crippen molar-refractivity contribution in [3.05, 3.63) is 134 Å². The lowest BCUT2D eigenvalue weighted by molar-refractivity contribution is 0.668. The van der Waals surface area contributed by atoms with Gasteiger partial charge in [-0.3, -0.25) is 4.98 Å². The van der Waals surface area contributed by atoms with Gasteiger partial charge in [-0.25, -0.2) is 0 Å². The predicted octanol–water partition coefficient (Wildman–Crippen LogP) is 9.41. The summed E-state index contributed by atoms with van der Waals surface area (Å²) < 4.78 is 8.75. The van der Waals surface area contributed by atoms with Crippen molar-refractivity contribution >= 4 is 43.7 Å². The number of nitrogens with zero attached hydrogens (tertiary/aromatic N) is 2. The minimum atomic E-state index is 0.882. The number of rotatable bonds is 3. The first-order valence-corrected chi connectivity index (χ1v) is 12.8. The van der Waals surface area contributed by atoms with Gasteiger partial charge in [0.2, 0.25) is 0 Å². The minimum absolute atomic E-state index is 0.882. The summed E-state index contributed by atoms with van der Waals surface area (Å²) in [5, 5.41) is 4.71. The second-order valence-corrected chi connectivity index (χ2v) is 9.63. The van der Waals surface area contributed by atoms with Crippen molar-refractivity contribution < 1.29 is 4.42 Å². The first kappa shape index (κ1) is 21.0. The number of benzene rings is 5. The van der Waals surface area contributed by atoms with Gasteiger partial charge in [-0.2, -0.15) is 0 Å². The van der Waals surface area contributed by atoms with Gasteiger partial charge in [-0.1, -0.05) is 78.9 Å². The van der Waals surface area contributed by atoms with Gasteiger partial charge in [0, 0.05) is 44.9 Å². The number of pyridine rings is 1. The molecule has 178 valence electrons. The third-order valence-corrected chi connectivity index (χ3v) is 7.45. The molecule has 0 atom stereocenters. The van der Waals surface area contributed by atoms with Crippen molar-refractivity contribution in [2.24, 2.45) is 0 Å². The minimum Gasteiger partial charge on any atom is -0.456 e. The smallest absolute Gasteiger partial charge is 0.137 e. The van der Waals surface area contributed by atoms with Gasteiger partial charge >= 0.3 is 0 Å². The molecule has 0 saturated carbocycles. The number of fused-ring (bicyclic) bond motifs is 6. The highest BCUT2D eigenvalue weighted by Crippen LogP contribution is 2.41. The summed E-state index contributed by atoms with van der Waals surface area (Å²) in [4.78, 5) is 4.60. The Kier molecular flexibility index (Phi) is 4.52. The summed E-state index contributed by atoms with van der Waals surface area (Å²) in [7, 11) is 0.